The number of hydrogen-bond acceptors (Lipinski definition) is 2. The molecule has 1 rings (SSSR count). The molecule has 0 aromatic carbocycles. The van der Waals surface area contributed by atoms with Crippen molar-refractivity contribution in [3.8, 4) is 0 Å². The highest BCUT2D eigenvalue weighted by atomic mass is 16.5. The van der Waals surface area contributed by atoms with E-state index in [1.54, 1.807) is 0 Å². The van der Waals surface area contributed by atoms with Gasteiger partial charge in [0.25, 0.3) is 0 Å². The fraction of sp³-hybridized carbons (Fsp3) is 1.00. The van der Waals surface area contributed by atoms with Crippen LogP contribution in [0.2, 0.25) is 0 Å². The van der Waals surface area contributed by atoms with Crippen molar-refractivity contribution in [1.29, 1.82) is 0 Å². The molecule has 1 saturated heterocycles. The molecule has 0 bridgehead atoms. The minimum Gasteiger partial charge on any atom is -0.379 e. The number of morpholine rings is 1. The molecule has 0 spiro atoms. The quantitative estimate of drug-likeness (QED) is 0.566. The Kier molecular flexibility index (Phi) is 3.72. The lowest BCUT2D eigenvalue weighted by molar-refractivity contribution is 0.00942. The maximum atomic E-state index is 5.18. The zero-order valence-corrected chi connectivity index (χ0v) is 6.55. The van der Waals surface area contributed by atoms with Crippen LogP contribution < -0.4 is 5.43 Å². The van der Waals surface area contributed by atoms with Gasteiger partial charge in [-0.05, 0) is 6.42 Å². The number of ether oxygens (including phenoxy) is 1. The molecule has 3 nitrogen and oxygen atoms in total. The Labute approximate surface area is 62.3 Å². The van der Waals surface area contributed by atoms with Crippen LogP contribution >= 0.6 is 0 Å². The number of nitrogens with zero attached hydrogens (tertiary/aromatic N) is 2. The van der Waals surface area contributed by atoms with Gasteiger partial charge in [-0.15, -0.1) is 0 Å². The van der Waals surface area contributed by atoms with Crippen molar-refractivity contribution >= 4 is 0 Å². The minimum absolute atomic E-state index is 0.840. The van der Waals surface area contributed by atoms with Crippen molar-refractivity contribution in [3.05, 3.63) is 0 Å². The minimum atomic E-state index is 0.840. The lowest BCUT2D eigenvalue weighted by Gasteiger charge is -2.24. The van der Waals surface area contributed by atoms with Crippen LogP contribution in [0.3, 0.4) is 0 Å². The highest BCUT2D eigenvalue weighted by molar-refractivity contribution is 4.55. The third-order valence-electron chi connectivity index (χ3n) is 1.51. The molecule has 1 radical (unpaired) electrons. The van der Waals surface area contributed by atoms with E-state index in [1.165, 1.54) is 0 Å². The first kappa shape index (κ1) is 7.98. The van der Waals surface area contributed by atoms with Crippen molar-refractivity contribution in [1.82, 2.24) is 10.4 Å². The summed E-state index contributed by atoms with van der Waals surface area (Å²) in [6.45, 7) is 6.73. The first-order chi connectivity index (χ1) is 4.93. The van der Waals surface area contributed by atoms with E-state index in [4.69, 9.17) is 4.74 Å². The zero-order valence-electron chi connectivity index (χ0n) is 6.55. The molecule has 59 valence electrons. The summed E-state index contributed by atoms with van der Waals surface area (Å²) in [6, 6.07) is 0. The summed E-state index contributed by atoms with van der Waals surface area (Å²) in [7, 11) is 0. The van der Waals surface area contributed by atoms with Crippen molar-refractivity contribution in [2.24, 2.45) is 0 Å². The fourth-order valence-corrected chi connectivity index (χ4v) is 0.937. The van der Waals surface area contributed by atoms with Crippen LogP contribution in [0.25, 0.3) is 0 Å². The molecule has 0 amide bonds. The number of hydrogen-bond donors (Lipinski definition) is 0. The molecule has 1 aliphatic heterocycles. The van der Waals surface area contributed by atoms with Gasteiger partial charge in [-0.25, -0.2) is 5.01 Å². The molecule has 0 unspecified atom stereocenters. The van der Waals surface area contributed by atoms with Crippen LogP contribution in [0.15, 0.2) is 0 Å². The molecule has 0 aromatic rings. The van der Waals surface area contributed by atoms with Crippen molar-refractivity contribution in [3.63, 3.8) is 0 Å². The standard InChI is InChI=1S/C7H15N2O/c1-2-3-8-9-4-6-10-7-5-9/h2-7H2,1H3. The van der Waals surface area contributed by atoms with E-state index >= 15 is 0 Å². The van der Waals surface area contributed by atoms with E-state index in [9.17, 15) is 0 Å². The summed E-state index contributed by atoms with van der Waals surface area (Å²) in [4.78, 5) is 0. The van der Waals surface area contributed by atoms with E-state index in [-0.39, 0.29) is 0 Å². The second kappa shape index (κ2) is 4.66. The summed E-state index contributed by atoms with van der Waals surface area (Å²) < 4.78 is 5.18. The van der Waals surface area contributed by atoms with Crippen molar-refractivity contribution < 1.29 is 4.74 Å². The molecule has 0 aliphatic carbocycles. The highest BCUT2D eigenvalue weighted by Crippen LogP contribution is 1.93. The van der Waals surface area contributed by atoms with Gasteiger partial charge in [0.15, 0.2) is 0 Å². The molecule has 10 heavy (non-hydrogen) atoms. The van der Waals surface area contributed by atoms with Gasteiger partial charge < -0.3 is 4.74 Å². The number of rotatable bonds is 3. The van der Waals surface area contributed by atoms with Gasteiger partial charge in [0.1, 0.15) is 0 Å². The Bertz CT molecular complexity index is 81.7. The lowest BCUT2D eigenvalue weighted by atomic mass is 10.5. The molecule has 0 atom stereocenters. The molecule has 0 aromatic heterocycles. The van der Waals surface area contributed by atoms with Crippen LogP contribution in [0, 0.1) is 0 Å². The van der Waals surface area contributed by atoms with Gasteiger partial charge in [0.2, 0.25) is 0 Å². The molecular weight excluding hydrogens is 128 g/mol. The molecule has 0 saturated carbocycles. The average molecular weight is 143 g/mol. The maximum Gasteiger partial charge on any atom is 0.0608 e. The fourth-order valence-electron chi connectivity index (χ4n) is 0.937. The molecule has 3 heteroatoms. The van der Waals surface area contributed by atoms with Gasteiger partial charge >= 0.3 is 0 Å². The van der Waals surface area contributed by atoms with Crippen LogP contribution in [0.1, 0.15) is 13.3 Å². The highest BCUT2D eigenvalue weighted by Gasteiger charge is 2.08. The van der Waals surface area contributed by atoms with E-state index in [1.807, 2.05) is 0 Å². The Balaban J connectivity index is 2.02. The maximum absolute atomic E-state index is 5.18. The summed E-state index contributed by atoms with van der Waals surface area (Å²) >= 11 is 0. The van der Waals surface area contributed by atoms with Gasteiger partial charge in [-0.3, -0.25) is 0 Å². The average Bonchev–Trinajstić information content (AvgIpc) is 2.03. The SMILES string of the molecule is CCC[N]N1CCOCC1. The molecule has 1 fully saturated rings. The molecule has 1 heterocycles. The molecular formula is C7H15N2O. The van der Waals surface area contributed by atoms with Crippen molar-refractivity contribution in [2.45, 2.75) is 13.3 Å². The summed E-state index contributed by atoms with van der Waals surface area (Å²) in [6.07, 6.45) is 1.14. The first-order valence-corrected chi connectivity index (χ1v) is 3.93. The van der Waals surface area contributed by atoms with Crippen LogP contribution in [-0.4, -0.2) is 37.9 Å². The second-order valence-corrected chi connectivity index (χ2v) is 2.43. The Morgan fingerprint density at radius 2 is 2.10 bits per heavy atom. The van der Waals surface area contributed by atoms with E-state index in [2.05, 4.69) is 17.4 Å². The molecule has 0 N–H and O–H groups in total. The zero-order chi connectivity index (χ0) is 7.23. The summed E-state index contributed by atoms with van der Waals surface area (Å²) in [5, 5.41) is 2.10. The molecule has 1 aliphatic rings. The lowest BCUT2D eigenvalue weighted by Crippen LogP contribution is -2.41. The van der Waals surface area contributed by atoms with Gasteiger partial charge in [0.05, 0.1) is 13.2 Å². The summed E-state index contributed by atoms with van der Waals surface area (Å²) in [5.74, 6) is 0. The van der Waals surface area contributed by atoms with E-state index in [0.717, 1.165) is 39.3 Å². The van der Waals surface area contributed by atoms with Gasteiger partial charge in [0, 0.05) is 19.6 Å². The first-order valence-electron chi connectivity index (χ1n) is 3.93. The van der Waals surface area contributed by atoms with E-state index in [0.29, 0.717) is 0 Å². The largest absolute Gasteiger partial charge is 0.379 e. The second-order valence-electron chi connectivity index (χ2n) is 2.43. The third-order valence-corrected chi connectivity index (χ3v) is 1.51. The Morgan fingerprint density at radius 1 is 1.40 bits per heavy atom. The van der Waals surface area contributed by atoms with Crippen LogP contribution in [0.5, 0.6) is 0 Å². The Morgan fingerprint density at radius 3 is 2.70 bits per heavy atom. The van der Waals surface area contributed by atoms with Crippen LogP contribution in [0.4, 0.5) is 0 Å². The predicted octanol–water partition coefficient (Wildman–Crippen LogP) is 0.248. The predicted molar refractivity (Wildman–Crippen MR) is 39.7 cm³/mol. The van der Waals surface area contributed by atoms with Crippen LogP contribution in [-0.2, 0) is 4.74 Å². The Hall–Kier alpha value is -0.120. The monoisotopic (exact) mass is 143 g/mol. The van der Waals surface area contributed by atoms with Gasteiger partial charge in [-0.1, -0.05) is 6.92 Å². The van der Waals surface area contributed by atoms with Crippen molar-refractivity contribution in [2.75, 3.05) is 32.8 Å². The van der Waals surface area contributed by atoms with E-state index < -0.39 is 0 Å². The smallest absolute Gasteiger partial charge is 0.0608 e. The third kappa shape index (κ3) is 2.64. The topological polar surface area (TPSA) is 26.6 Å². The normalized spacial score (nSPS) is 21.3. The summed E-state index contributed by atoms with van der Waals surface area (Å²) in [5.41, 5.74) is 4.36. The van der Waals surface area contributed by atoms with Gasteiger partial charge in [-0.2, -0.15) is 5.43 Å².